The second kappa shape index (κ2) is 20.4. The van der Waals surface area contributed by atoms with Crippen LogP contribution < -0.4 is 16.8 Å². The van der Waals surface area contributed by atoms with Crippen molar-refractivity contribution < 1.29 is 37.4 Å². The van der Waals surface area contributed by atoms with Crippen LogP contribution >= 0.6 is 0 Å². The lowest BCUT2D eigenvalue weighted by Crippen LogP contribution is -2.58. The maximum absolute atomic E-state index is 14.3. The summed E-state index contributed by atoms with van der Waals surface area (Å²) in [4.78, 5) is 55.9. The second-order valence-electron chi connectivity index (χ2n) is 12.6. The highest BCUT2D eigenvalue weighted by molar-refractivity contribution is 7.89. The molecule has 14 heteroatoms. The van der Waals surface area contributed by atoms with Crippen molar-refractivity contribution in [3.8, 4) is 0 Å². The first-order chi connectivity index (χ1) is 24.8. The molecule has 0 radical (unpaired) electrons. The summed E-state index contributed by atoms with van der Waals surface area (Å²) < 4.78 is 33.8. The summed E-state index contributed by atoms with van der Waals surface area (Å²) in [6.07, 6.45) is -0.546. The fourth-order valence-corrected chi connectivity index (χ4v) is 7.35. The number of nitrogens with one attached hydrogen (secondary N) is 1. The van der Waals surface area contributed by atoms with E-state index in [1.165, 1.54) is 19.1 Å². The Balaban J connectivity index is 2.01. The molecule has 52 heavy (non-hydrogen) atoms. The number of unbranched alkanes of at least 4 members (excludes halogenated alkanes) is 2. The van der Waals surface area contributed by atoms with Crippen molar-refractivity contribution in [2.24, 2.45) is 11.5 Å². The summed E-state index contributed by atoms with van der Waals surface area (Å²) in [5, 5.41) is 14.2. The number of rotatable bonds is 19. The maximum Gasteiger partial charge on any atom is 0.417 e. The molecule has 0 saturated carbocycles. The molecular weight excluding hydrogens is 687 g/mol. The van der Waals surface area contributed by atoms with Gasteiger partial charge < -0.3 is 26.6 Å². The van der Waals surface area contributed by atoms with E-state index in [1.807, 2.05) is 0 Å². The number of aliphatic hydroxyl groups is 1. The highest BCUT2D eigenvalue weighted by Crippen LogP contribution is 2.28. The van der Waals surface area contributed by atoms with Crippen molar-refractivity contribution >= 4 is 33.8 Å². The van der Waals surface area contributed by atoms with Crippen LogP contribution in [-0.2, 0) is 35.8 Å². The van der Waals surface area contributed by atoms with E-state index < -0.39 is 58.1 Å². The molecule has 0 spiro atoms. The Morgan fingerprint density at radius 3 is 1.94 bits per heavy atom. The van der Waals surface area contributed by atoms with E-state index in [0.29, 0.717) is 47.7 Å². The number of carbonyl (C=O) groups excluding carboxylic acids is 4. The normalized spacial score (nSPS) is 13.7. The van der Waals surface area contributed by atoms with E-state index in [9.17, 15) is 32.7 Å². The van der Waals surface area contributed by atoms with E-state index in [-0.39, 0.29) is 30.9 Å². The number of aliphatic hydroxyl groups excluding tert-OH is 1. The summed E-state index contributed by atoms with van der Waals surface area (Å²) >= 11 is 0. The number of amides is 4. The van der Waals surface area contributed by atoms with Crippen molar-refractivity contribution in [2.75, 3.05) is 13.1 Å². The lowest BCUT2D eigenvalue weighted by Gasteiger charge is -2.35. The molecule has 1 unspecified atom stereocenters. The van der Waals surface area contributed by atoms with Gasteiger partial charge in [-0.3, -0.25) is 14.4 Å². The first kappa shape index (κ1) is 41.8. The Labute approximate surface area is 306 Å². The van der Waals surface area contributed by atoms with Crippen molar-refractivity contribution in [1.82, 2.24) is 14.5 Å². The van der Waals surface area contributed by atoms with Crippen LogP contribution in [0, 0.1) is 6.92 Å². The Kier molecular flexibility index (Phi) is 16.4. The number of hydrogen-bond donors (Lipinski definition) is 4. The molecular formula is C38H51N5O8S. The molecule has 0 fully saturated rings. The van der Waals surface area contributed by atoms with Gasteiger partial charge in [0.2, 0.25) is 11.8 Å². The molecule has 4 amide bonds. The molecule has 0 aliphatic rings. The largest absolute Gasteiger partial charge is 0.444 e. The molecule has 0 heterocycles. The third kappa shape index (κ3) is 11.4. The monoisotopic (exact) mass is 737 g/mol. The van der Waals surface area contributed by atoms with E-state index in [4.69, 9.17) is 16.2 Å². The van der Waals surface area contributed by atoms with Gasteiger partial charge in [0, 0.05) is 6.92 Å². The quantitative estimate of drug-likeness (QED) is 0.131. The van der Waals surface area contributed by atoms with Gasteiger partial charge in [0.05, 0.1) is 10.9 Å². The van der Waals surface area contributed by atoms with Crippen molar-refractivity contribution in [2.45, 2.75) is 95.0 Å². The lowest BCUT2D eigenvalue weighted by atomic mass is 9.95. The topological polar surface area (TPSA) is 202 Å². The number of nitrogens with two attached hydrogens (primary N) is 2. The van der Waals surface area contributed by atoms with Crippen LogP contribution in [0.3, 0.4) is 0 Å². The van der Waals surface area contributed by atoms with Crippen LogP contribution in [0.25, 0.3) is 0 Å². The molecule has 6 N–H and O–H groups in total. The third-order valence-corrected chi connectivity index (χ3v) is 10.5. The van der Waals surface area contributed by atoms with Crippen LogP contribution in [0.2, 0.25) is 0 Å². The second-order valence-corrected chi connectivity index (χ2v) is 14.4. The average Bonchev–Trinajstić information content (AvgIpc) is 3.13. The molecule has 4 atom stereocenters. The summed E-state index contributed by atoms with van der Waals surface area (Å²) in [5.74, 6) is -2.73. The first-order valence-corrected chi connectivity index (χ1v) is 18.9. The summed E-state index contributed by atoms with van der Waals surface area (Å²) in [7, 11) is -4.51. The van der Waals surface area contributed by atoms with Crippen molar-refractivity contribution in [3.63, 3.8) is 0 Å². The fourth-order valence-electron chi connectivity index (χ4n) is 5.77. The number of imide groups is 1. The minimum absolute atomic E-state index is 0.0775. The molecule has 3 rings (SSSR count). The average molecular weight is 738 g/mol. The first-order valence-electron chi connectivity index (χ1n) is 17.4. The minimum atomic E-state index is -4.51. The van der Waals surface area contributed by atoms with Gasteiger partial charge in [0.15, 0.2) is 0 Å². The minimum Gasteiger partial charge on any atom is -0.444 e. The predicted octanol–water partition coefficient (Wildman–Crippen LogP) is 3.93. The molecule has 3 aromatic rings. The molecule has 0 bridgehead atoms. The number of ether oxygens (including phenoxy) is 1. The van der Waals surface area contributed by atoms with Gasteiger partial charge >= 0.3 is 6.09 Å². The Morgan fingerprint density at radius 1 is 0.827 bits per heavy atom. The number of carbonyl (C=O) groups is 4. The lowest BCUT2D eigenvalue weighted by molar-refractivity contribution is -0.140. The number of sulfonamides is 1. The van der Waals surface area contributed by atoms with E-state index >= 15 is 0 Å². The molecule has 13 nitrogen and oxygen atoms in total. The van der Waals surface area contributed by atoms with Crippen LogP contribution in [0.5, 0.6) is 0 Å². The van der Waals surface area contributed by atoms with Gasteiger partial charge in [0.25, 0.3) is 15.9 Å². The van der Waals surface area contributed by atoms with Gasteiger partial charge in [0.1, 0.15) is 24.8 Å². The van der Waals surface area contributed by atoms with Crippen LogP contribution in [0.4, 0.5) is 4.79 Å². The standard InChI is InChI=1S/C38H51N5O8S/c1-27-20-22-32(23-21-27)52(49,50)43(29(3)44)34(19-11-13-25-40)36(46)41-28(2)37(47)42(38(48)51-26-30-14-6-4-7-15-30)33(18-10-12-24-39)35(45)31-16-8-5-9-17-31/h4-9,14-17,20-23,28,33-35,45H,10-13,18-19,24-26,39-40H2,1-3H3,(H,41,46)/t28-,33-,34+,35?/m0/s1. The van der Waals surface area contributed by atoms with Crippen molar-refractivity contribution in [1.29, 1.82) is 0 Å². The third-order valence-electron chi connectivity index (χ3n) is 8.57. The van der Waals surface area contributed by atoms with Gasteiger partial charge in [-0.05, 0) is 82.3 Å². The molecule has 282 valence electrons. The fraction of sp³-hybridized carbons (Fsp3) is 0.421. The zero-order valence-corrected chi connectivity index (χ0v) is 30.8. The smallest absolute Gasteiger partial charge is 0.417 e. The Hall–Kier alpha value is -4.63. The molecule has 0 aliphatic carbocycles. The number of benzene rings is 3. The van der Waals surface area contributed by atoms with E-state index in [1.54, 1.807) is 79.7 Å². The van der Waals surface area contributed by atoms with E-state index in [0.717, 1.165) is 17.4 Å². The van der Waals surface area contributed by atoms with Gasteiger partial charge in [-0.2, -0.15) is 0 Å². The SMILES string of the molecule is CC(=O)N([C@H](CCCCN)C(=O)N[C@@H](C)C(=O)N(C(=O)OCc1ccccc1)[C@@H](CCCCN)C(O)c1ccccc1)S(=O)(=O)c1ccc(C)cc1. The summed E-state index contributed by atoms with van der Waals surface area (Å²) in [5.41, 5.74) is 13.3. The van der Waals surface area contributed by atoms with Crippen molar-refractivity contribution in [3.05, 3.63) is 102 Å². The zero-order chi connectivity index (χ0) is 38.3. The highest BCUT2D eigenvalue weighted by Gasteiger charge is 2.41. The number of nitrogens with zero attached hydrogens (tertiary/aromatic N) is 2. The Morgan fingerprint density at radius 2 is 1.38 bits per heavy atom. The molecule has 0 aliphatic heterocycles. The molecule has 0 aromatic heterocycles. The van der Waals surface area contributed by atoms with Crippen LogP contribution in [0.1, 0.15) is 75.2 Å². The highest BCUT2D eigenvalue weighted by atomic mass is 32.2. The van der Waals surface area contributed by atoms with Gasteiger partial charge in [-0.25, -0.2) is 22.4 Å². The molecule has 3 aromatic carbocycles. The Bertz CT molecular complexity index is 1710. The summed E-state index contributed by atoms with van der Waals surface area (Å²) in [6.45, 7) is 4.61. The number of aryl methyl sites for hydroxylation is 1. The predicted molar refractivity (Wildman–Crippen MR) is 197 cm³/mol. The van der Waals surface area contributed by atoms with E-state index in [2.05, 4.69) is 5.32 Å². The number of hydrogen-bond acceptors (Lipinski definition) is 10. The maximum atomic E-state index is 14.3. The molecule has 0 saturated heterocycles. The van der Waals surface area contributed by atoms with Crippen LogP contribution in [0.15, 0.2) is 89.8 Å². The van der Waals surface area contributed by atoms with Crippen LogP contribution in [-0.4, -0.2) is 77.8 Å². The van der Waals surface area contributed by atoms with Gasteiger partial charge in [-0.1, -0.05) is 84.8 Å². The summed E-state index contributed by atoms with van der Waals surface area (Å²) in [6, 6.07) is 19.1. The van der Waals surface area contributed by atoms with Gasteiger partial charge in [-0.15, -0.1) is 0 Å². The zero-order valence-electron chi connectivity index (χ0n) is 30.0.